The summed E-state index contributed by atoms with van der Waals surface area (Å²) in [5, 5.41) is 2.52. The summed E-state index contributed by atoms with van der Waals surface area (Å²) in [4.78, 5) is 28.6. The van der Waals surface area contributed by atoms with Crippen LogP contribution >= 0.6 is 0 Å². The van der Waals surface area contributed by atoms with Crippen LogP contribution in [0.1, 0.15) is 12.1 Å². The maximum absolute atomic E-state index is 13.6. The van der Waals surface area contributed by atoms with Crippen molar-refractivity contribution in [3.63, 3.8) is 0 Å². The molecule has 0 saturated heterocycles. The van der Waals surface area contributed by atoms with Gasteiger partial charge < -0.3 is 9.88 Å². The summed E-state index contributed by atoms with van der Waals surface area (Å²) in [6, 6.07) is 13.2. The van der Waals surface area contributed by atoms with Crippen LogP contribution in [-0.4, -0.2) is 15.5 Å². The number of hydrogen-bond donors (Lipinski definition) is 1. The van der Waals surface area contributed by atoms with Crippen LogP contribution in [0.3, 0.4) is 0 Å². The molecule has 0 atom stereocenters. The Hall–Kier alpha value is -3.02. The maximum atomic E-state index is 13.6. The van der Waals surface area contributed by atoms with Crippen LogP contribution in [0.4, 0.5) is 10.1 Å². The fraction of sp³-hybridized carbons (Fsp3) is 0.167. The average molecular weight is 325 g/mol. The summed E-state index contributed by atoms with van der Waals surface area (Å²) in [6.07, 6.45) is 0.0572. The van der Waals surface area contributed by atoms with Crippen LogP contribution in [0.2, 0.25) is 0 Å². The highest BCUT2D eigenvalue weighted by Crippen LogP contribution is 2.13. The van der Waals surface area contributed by atoms with Crippen LogP contribution in [0.25, 0.3) is 11.0 Å². The molecule has 1 heterocycles. The Labute approximate surface area is 137 Å². The van der Waals surface area contributed by atoms with Gasteiger partial charge in [-0.3, -0.25) is 9.59 Å². The molecule has 0 aliphatic heterocycles. The van der Waals surface area contributed by atoms with Gasteiger partial charge in [-0.15, -0.1) is 0 Å². The number of rotatable bonds is 4. The van der Waals surface area contributed by atoms with Gasteiger partial charge in [-0.2, -0.15) is 0 Å². The lowest BCUT2D eigenvalue weighted by molar-refractivity contribution is -0.116. The smallest absolute Gasteiger partial charge is 0.272 e. The number of nitrogens with zero attached hydrogens (tertiary/aromatic N) is 2. The Morgan fingerprint density at radius 2 is 1.88 bits per heavy atom. The van der Waals surface area contributed by atoms with Crippen molar-refractivity contribution >= 4 is 22.6 Å². The molecule has 3 aromatic rings. The minimum Gasteiger partial charge on any atom is -0.324 e. The highest BCUT2D eigenvalue weighted by atomic mass is 19.1. The second kappa shape index (κ2) is 6.62. The summed E-state index contributed by atoms with van der Waals surface area (Å²) < 4.78 is 15.1. The molecule has 24 heavy (non-hydrogen) atoms. The van der Waals surface area contributed by atoms with E-state index in [-0.39, 0.29) is 30.1 Å². The lowest BCUT2D eigenvalue weighted by atomic mass is 10.2. The van der Waals surface area contributed by atoms with Gasteiger partial charge >= 0.3 is 0 Å². The molecule has 0 aliphatic carbocycles. The van der Waals surface area contributed by atoms with Crippen molar-refractivity contribution in [3.8, 4) is 0 Å². The third-order valence-corrected chi connectivity index (χ3v) is 3.73. The molecule has 0 saturated carbocycles. The van der Waals surface area contributed by atoms with E-state index in [1.54, 1.807) is 25.1 Å². The third-order valence-electron chi connectivity index (χ3n) is 3.73. The first kappa shape index (κ1) is 15.9. The molecule has 1 amide bonds. The number of halogens is 1. The van der Waals surface area contributed by atoms with E-state index in [2.05, 4.69) is 10.3 Å². The largest absolute Gasteiger partial charge is 0.324 e. The average Bonchev–Trinajstić information content (AvgIpc) is 2.57. The van der Waals surface area contributed by atoms with Crippen LogP contribution in [0.15, 0.2) is 53.3 Å². The topological polar surface area (TPSA) is 64.0 Å². The molecule has 0 aliphatic rings. The van der Waals surface area contributed by atoms with E-state index in [1.807, 2.05) is 18.2 Å². The fourth-order valence-electron chi connectivity index (χ4n) is 2.53. The van der Waals surface area contributed by atoms with Crippen LogP contribution in [0, 0.1) is 12.7 Å². The number of carbonyl (C=O) groups excluding carboxylic acids is 1. The number of hydrogen-bond acceptors (Lipinski definition) is 3. The van der Waals surface area contributed by atoms with Gasteiger partial charge in [-0.05, 0) is 31.2 Å². The normalized spacial score (nSPS) is 10.8. The highest BCUT2D eigenvalue weighted by molar-refractivity contribution is 5.90. The van der Waals surface area contributed by atoms with Crippen molar-refractivity contribution in [2.75, 3.05) is 5.32 Å². The Balaban J connectivity index is 1.81. The monoisotopic (exact) mass is 325 g/mol. The molecule has 0 radical (unpaired) electrons. The van der Waals surface area contributed by atoms with Crippen molar-refractivity contribution in [2.45, 2.75) is 19.9 Å². The summed E-state index contributed by atoms with van der Waals surface area (Å²) in [6.45, 7) is 1.84. The Bertz CT molecular complexity index is 966. The van der Waals surface area contributed by atoms with Gasteiger partial charge in [0.2, 0.25) is 5.91 Å². The Morgan fingerprint density at radius 3 is 2.67 bits per heavy atom. The number of aryl methyl sites for hydroxylation is 2. The first-order valence-corrected chi connectivity index (χ1v) is 7.57. The van der Waals surface area contributed by atoms with Gasteiger partial charge in [0, 0.05) is 13.0 Å². The number of fused-ring (bicyclic) bond motifs is 1. The minimum atomic E-state index is -0.492. The van der Waals surface area contributed by atoms with E-state index in [0.29, 0.717) is 16.7 Å². The highest BCUT2D eigenvalue weighted by Gasteiger charge is 2.11. The third kappa shape index (κ3) is 3.17. The molecule has 0 spiro atoms. The van der Waals surface area contributed by atoms with Crippen molar-refractivity contribution in [1.29, 1.82) is 0 Å². The lowest BCUT2D eigenvalue weighted by Crippen LogP contribution is -2.26. The number of amides is 1. The van der Waals surface area contributed by atoms with Crippen LogP contribution < -0.4 is 10.9 Å². The van der Waals surface area contributed by atoms with Gasteiger partial charge in [0.15, 0.2) is 0 Å². The molecular weight excluding hydrogens is 309 g/mol. The van der Waals surface area contributed by atoms with Gasteiger partial charge in [-0.1, -0.05) is 24.3 Å². The number of carbonyl (C=O) groups is 1. The molecule has 0 unspecified atom stereocenters. The molecule has 0 fully saturated rings. The second-order valence-corrected chi connectivity index (χ2v) is 5.42. The standard InChI is InChI=1S/C18H16FN3O2/c1-12-18(24)22(16-9-5-4-8-15(16)20-12)11-10-17(23)21-14-7-3-2-6-13(14)19/h2-9H,10-11H2,1H3,(H,21,23). The summed E-state index contributed by atoms with van der Waals surface area (Å²) >= 11 is 0. The van der Waals surface area contributed by atoms with Crippen molar-refractivity contribution in [3.05, 3.63) is 70.4 Å². The zero-order chi connectivity index (χ0) is 17.1. The molecule has 5 nitrogen and oxygen atoms in total. The molecule has 1 aromatic heterocycles. The predicted molar refractivity (Wildman–Crippen MR) is 90.4 cm³/mol. The summed E-state index contributed by atoms with van der Waals surface area (Å²) in [5.41, 5.74) is 1.65. The van der Waals surface area contributed by atoms with Crippen LogP contribution in [0.5, 0.6) is 0 Å². The van der Waals surface area contributed by atoms with E-state index < -0.39 is 5.82 Å². The number of benzene rings is 2. The first-order valence-electron chi connectivity index (χ1n) is 7.57. The van der Waals surface area contributed by atoms with Crippen molar-refractivity contribution in [1.82, 2.24) is 9.55 Å². The van der Waals surface area contributed by atoms with Crippen LogP contribution in [-0.2, 0) is 11.3 Å². The zero-order valence-electron chi connectivity index (χ0n) is 13.1. The van der Waals surface area contributed by atoms with E-state index in [0.717, 1.165) is 0 Å². The van der Waals surface area contributed by atoms with Crippen molar-refractivity contribution in [2.24, 2.45) is 0 Å². The van der Waals surface area contributed by atoms with E-state index in [1.165, 1.54) is 16.7 Å². The number of aromatic nitrogens is 2. The molecule has 1 N–H and O–H groups in total. The molecule has 6 heteroatoms. The minimum absolute atomic E-state index is 0.0572. The number of anilines is 1. The molecule has 3 rings (SSSR count). The Morgan fingerprint density at radius 1 is 1.17 bits per heavy atom. The molecular formula is C18H16FN3O2. The van der Waals surface area contributed by atoms with E-state index >= 15 is 0 Å². The maximum Gasteiger partial charge on any atom is 0.272 e. The quantitative estimate of drug-likeness (QED) is 0.802. The first-order chi connectivity index (χ1) is 11.6. The second-order valence-electron chi connectivity index (χ2n) is 5.42. The predicted octanol–water partition coefficient (Wildman–Crippen LogP) is 2.87. The van der Waals surface area contributed by atoms with Gasteiger partial charge in [0.25, 0.3) is 5.56 Å². The molecule has 122 valence electrons. The molecule has 0 bridgehead atoms. The van der Waals surface area contributed by atoms with Gasteiger partial charge in [-0.25, -0.2) is 9.37 Å². The Kier molecular flexibility index (Phi) is 4.37. The summed E-state index contributed by atoms with van der Waals surface area (Å²) in [7, 11) is 0. The number of nitrogens with one attached hydrogen (secondary N) is 1. The van der Waals surface area contributed by atoms with E-state index in [4.69, 9.17) is 0 Å². The van der Waals surface area contributed by atoms with Crippen molar-refractivity contribution < 1.29 is 9.18 Å². The number of para-hydroxylation sites is 3. The molecule has 2 aromatic carbocycles. The lowest BCUT2D eigenvalue weighted by Gasteiger charge is -2.11. The summed E-state index contributed by atoms with van der Waals surface area (Å²) in [5.74, 6) is -0.848. The van der Waals surface area contributed by atoms with Gasteiger partial charge in [0.05, 0.1) is 16.7 Å². The fourth-order valence-corrected chi connectivity index (χ4v) is 2.53. The SMILES string of the molecule is Cc1nc2ccccc2n(CCC(=O)Nc2ccccc2F)c1=O. The van der Waals surface area contributed by atoms with E-state index in [9.17, 15) is 14.0 Å². The zero-order valence-corrected chi connectivity index (χ0v) is 13.1. The van der Waals surface area contributed by atoms with Gasteiger partial charge in [0.1, 0.15) is 11.5 Å².